The van der Waals surface area contributed by atoms with Gasteiger partial charge >= 0.3 is 0 Å². The molecule has 0 aliphatic carbocycles. The number of hydrogen-bond donors (Lipinski definition) is 1. The second kappa shape index (κ2) is 10.1. The van der Waals surface area contributed by atoms with Crippen molar-refractivity contribution in [2.75, 3.05) is 31.7 Å². The highest BCUT2D eigenvalue weighted by atomic mass is 79.9. The highest BCUT2D eigenvalue weighted by molar-refractivity contribution is 9.10. The number of nitrogens with one attached hydrogen (secondary N) is 1. The predicted octanol–water partition coefficient (Wildman–Crippen LogP) is 3.60. The normalized spacial score (nSPS) is 11.1. The molecular weight excluding hydrogens is 330 g/mol. The highest BCUT2D eigenvalue weighted by Gasteiger charge is 2.19. The lowest BCUT2D eigenvalue weighted by Crippen LogP contribution is -2.38. The predicted molar refractivity (Wildman–Crippen MR) is 92.9 cm³/mol. The zero-order valence-electron chi connectivity index (χ0n) is 13.7. The molecule has 0 fully saturated rings. The third kappa shape index (κ3) is 5.57. The summed E-state index contributed by atoms with van der Waals surface area (Å²) in [7, 11) is 1.75. The molecule has 0 spiro atoms. The fraction of sp³-hybridized carbons (Fsp3) is 0.688. The van der Waals surface area contributed by atoms with Gasteiger partial charge in [0.1, 0.15) is 5.82 Å². The van der Waals surface area contributed by atoms with Crippen LogP contribution in [0, 0.1) is 0 Å². The second-order valence-electron chi connectivity index (χ2n) is 5.07. The van der Waals surface area contributed by atoms with Crippen molar-refractivity contribution < 1.29 is 4.74 Å². The Kier molecular flexibility index (Phi) is 8.88. The Morgan fingerprint density at radius 1 is 1.33 bits per heavy atom. The van der Waals surface area contributed by atoms with Gasteiger partial charge in [-0.1, -0.05) is 20.8 Å². The summed E-state index contributed by atoms with van der Waals surface area (Å²) >= 11 is 3.53. The van der Waals surface area contributed by atoms with Gasteiger partial charge in [0, 0.05) is 42.5 Å². The molecule has 1 aromatic heterocycles. The average Bonchev–Trinajstić information content (AvgIpc) is 2.50. The fourth-order valence-electron chi connectivity index (χ4n) is 2.50. The van der Waals surface area contributed by atoms with E-state index in [4.69, 9.17) is 4.74 Å². The number of pyridine rings is 1. The number of methoxy groups -OCH3 is 1. The molecule has 0 aromatic carbocycles. The van der Waals surface area contributed by atoms with E-state index in [1.54, 1.807) is 7.11 Å². The van der Waals surface area contributed by atoms with Gasteiger partial charge in [-0.15, -0.1) is 0 Å². The Morgan fingerprint density at radius 2 is 2.05 bits per heavy atom. The van der Waals surface area contributed by atoms with Crippen LogP contribution in [0.3, 0.4) is 0 Å². The Morgan fingerprint density at radius 3 is 2.62 bits per heavy atom. The second-order valence-corrected chi connectivity index (χ2v) is 5.99. The molecule has 0 radical (unpaired) electrons. The SMILES string of the molecule is CCNCc1cc(Br)cnc1N(CCOC)C(CC)CC. The first kappa shape index (κ1) is 18.4. The lowest BCUT2D eigenvalue weighted by molar-refractivity contribution is 0.202. The molecule has 0 amide bonds. The molecule has 1 N–H and O–H groups in total. The first-order chi connectivity index (χ1) is 10.2. The molecule has 0 aliphatic rings. The van der Waals surface area contributed by atoms with Crippen molar-refractivity contribution in [1.29, 1.82) is 0 Å². The van der Waals surface area contributed by atoms with Gasteiger partial charge in [-0.2, -0.15) is 0 Å². The van der Waals surface area contributed by atoms with Crippen molar-refractivity contribution in [1.82, 2.24) is 10.3 Å². The van der Waals surface area contributed by atoms with Crippen molar-refractivity contribution in [3.05, 3.63) is 22.3 Å². The van der Waals surface area contributed by atoms with Crippen LogP contribution in [0.2, 0.25) is 0 Å². The smallest absolute Gasteiger partial charge is 0.133 e. The largest absolute Gasteiger partial charge is 0.383 e. The van der Waals surface area contributed by atoms with Gasteiger partial charge in [0.05, 0.1) is 6.61 Å². The minimum atomic E-state index is 0.495. The molecule has 21 heavy (non-hydrogen) atoms. The molecule has 1 aromatic rings. The van der Waals surface area contributed by atoms with Gasteiger partial charge in [0.15, 0.2) is 0 Å². The maximum absolute atomic E-state index is 5.28. The Hall–Kier alpha value is -0.650. The Balaban J connectivity index is 3.08. The molecule has 0 unspecified atom stereocenters. The van der Waals surface area contributed by atoms with Crippen LogP contribution in [-0.2, 0) is 11.3 Å². The van der Waals surface area contributed by atoms with E-state index < -0.39 is 0 Å². The van der Waals surface area contributed by atoms with E-state index in [9.17, 15) is 0 Å². The molecule has 5 heteroatoms. The average molecular weight is 358 g/mol. The van der Waals surface area contributed by atoms with Gasteiger partial charge in [-0.3, -0.25) is 0 Å². The molecule has 0 aliphatic heterocycles. The third-order valence-electron chi connectivity index (χ3n) is 3.67. The van der Waals surface area contributed by atoms with Gasteiger partial charge in [0.25, 0.3) is 0 Å². The number of anilines is 1. The molecule has 120 valence electrons. The van der Waals surface area contributed by atoms with E-state index in [0.717, 1.165) is 49.4 Å². The summed E-state index contributed by atoms with van der Waals surface area (Å²) in [5.41, 5.74) is 1.23. The zero-order chi connectivity index (χ0) is 15.7. The monoisotopic (exact) mass is 357 g/mol. The first-order valence-corrected chi connectivity index (χ1v) is 8.57. The van der Waals surface area contributed by atoms with E-state index in [0.29, 0.717) is 6.04 Å². The lowest BCUT2D eigenvalue weighted by atomic mass is 10.1. The van der Waals surface area contributed by atoms with Crippen LogP contribution in [0.5, 0.6) is 0 Å². The van der Waals surface area contributed by atoms with Gasteiger partial charge < -0.3 is 15.0 Å². The zero-order valence-corrected chi connectivity index (χ0v) is 15.2. The third-order valence-corrected chi connectivity index (χ3v) is 4.10. The van der Waals surface area contributed by atoms with E-state index >= 15 is 0 Å². The van der Waals surface area contributed by atoms with Gasteiger partial charge in [0.2, 0.25) is 0 Å². The number of aromatic nitrogens is 1. The minimum absolute atomic E-state index is 0.495. The molecule has 0 saturated carbocycles. The van der Waals surface area contributed by atoms with Crippen LogP contribution in [0.25, 0.3) is 0 Å². The maximum atomic E-state index is 5.28. The minimum Gasteiger partial charge on any atom is -0.383 e. The highest BCUT2D eigenvalue weighted by Crippen LogP contribution is 2.25. The Labute approximate surface area is 137 Å². The van der Waals surface area contributed by atoms with Crippen LogP contribution in [0.1, 0.15) is 39.2 Å². The van der Waals surface area contributed by atoms with Crippen LogP contribution in [0.4, 0.5) is 5.82 Å². The molecule has 4 nitrogen and oxygen atoms in total. The lowest BCUT2D eigenvalue weighted by Gasteiger charge is -2.33. The number of rotatable bonds is 10. The number of ether oxygens (including phenoxy) is 1. The van der Waals surface area contributed by atoms with Crippen LogP contribution < -0.4 is 10.2 Å². The van der Waals surface area contributed by atoms with Crippen LogP contribution in [0.15, 0.2) is 16.7 Å². The van der Waals surface area contributed by atoms with E-state index in [-0.39, 0.29) is 0 Å². The summed E-state index contributed by atoms with van der Waals surface area (Å²) in [6.07, 6.45) is 4.10. The molecule has 1 heterocycles. The molecule has 0 atom stereocenters. The molecule has 0 bridgehead atoms. The van der Waals surface area contributed by atoms with Crippen molar-refractivity contribution in [2.45, 2.75) is 46.2 Å². The molecule has 1 rings (SSSR count). The van der Waals surface area contributed by atoms with Crippen LogP contribution in [-0.4, -0.2) is 37.8 Å². The van der Waals surface area contributed by atoms with E-state index in [1.807, 2.05) is 6.20 Å². The molecule has 0 saturated heterocycles. The summed E-state index contributed by atoms with van der Waals surface area (Å²) in [5, 5.41) is 3.40. The standard InChI is InChI=1S/C16H28BrN3O/c1-5-15(6-2)20(8-9-21-4)16-13(11-18-7-3)10-14(17)12-19-16/h10,12,15,18H,5-9,11H2,1-4H3. The molecular formula is C16H28BrN3O. The van der Waals surface area contributed by atoms with Crippen molar-refractivity contribution >= 4 is 21.7 Å². The summed E-state index contributed by atoms with van der Waals surface area (Å²) in [5.74, 6) is 1.07. The van der Waals surface area contributed by atoms with Crippen molar-refractivity contribution in [3.8, 4) is 0 Å². The van der Waals surface area contributed by atoms with E-state index in [2.05, 4.69) is 58.0 Å². The number of nitrogens with zero attached hydrogens (tertiary/aromatic N) is 2. The number of hydrogen-bond acceptors (Lipinski definition) is 4. The van der Waals surface area contributed by atoms with Crippen molar-refractivity contribution in [3.63, 3.8) is 0 Å². The topological polar surface area (TPSA) is 37.4 Å². The summed E-state index contributed by atoms with van der Waals surface area (Å²) in [4.78, 5) is 7.08. The number of halogens is 1. The summed E-state index contributed by atoms with van der Waals surface area (Å²) < 4.78 is 6.31. The first-order valence-electron chi connectivity index (χ1n) is 7.78. The summed E-state index contributed by atoms with van der Waals surface area (Å²) in [6.45, 7) is 9.96. The fourth-order valence-corrected chi connectivity index (χ4v) is 2.88. The van der Waals surface area contributed by atoms with Crippen molar-refractivity contribution in [2.24, 2.45) is 0 Å². The summed E-state index contributed by atoms with van der Waals surface area (Å²) in [6, 6.07) is 2.65. The van der Waals surface area contributed by atoms with Crippen LogP contribution >= 0.6 is 15.9 Å². The Bertz CT molecular complexity index is 411. The quantitative estimate of drug-likeness (QED) is 0.694. The maximum Gasteiger partial charge on any atom is 0.133 e. The van der Waals surface area contributed by atoms with Gasteiger partial charge in [-0.05, 0) is 41.4 Å². The van der Waals surface area contributed by atoms with Gasteiger partial charge in [-0.25, -0.2) is 4.98 Å². The van der Waals surface area contributed by atoms with E-state index in [1.165, 1.54) is 5.56 Å².